The van der Waals surface area contributed by atoms with Gasteiger partial charge in [0.05, 0.1) is 5.57 Å². The van der Waals surface area contributed by atoms with E-state index in [0.717, 1.165) is 5.56 Å². The average molecular weight is 294 g/mol. The van der Waals surface area contributed by atoms with Crippen molar-refractivity contribution in [1.29, 1.82) is 0 Å². The van der Waals surface area contributed by atoms with E-state index in [0.29, 0.717) is 5.56 Å². The number of hydrogen-bond donors (Lipinski definition) is 1. The minimum atomic E-state index is -1.04. The zero-order chi connectivity index (χ0) is 15.8. The van der Waals surface area contributed by atoms with Gasteiger partial charge >= 0.3 is 5.97 Å². The minimum Gasteiger partial charge on any atom is -0.457 e. The number of benzene rings is 2. The van der Waals surface area contributed by atoms with Gasteiger partial charge in [0.1, 0.15) is 12.7 Å². The molecule has 3 nitrogen and oxygen atoms in total. The number of esters is 1. The van der Waals surface area contributed by atoms with Crippen molar-refractivity contribution in [3.05, 3.63) is 96.1 Å². The molecule has 0 spiro atoms. The van der Waals surface area contributed by atoms with Crippen molar-refractivity contribution in [1.82, 2.24) is 0 Å². The van der Waals surface area contributed by atoms with Crippen molar-refractivity contribution in [3.8, 4) is 0 Å². The summed E-state index contributed by atoms with van der Waals surface area (Å²) in [5.41, 5.74) is 1.69. The zero-order valence-corrected chi connectivity index (χ0v) is 12.2. The number of ether oxygens (including phenoxy) is 1. The molecular formula is C19H18O3. The lowest BCUT2D eigenvalue weighted by Crippen LogP contribution is -2.14. The molecule has 2 rings (SSSR count). The van der Waals surface area contributed by atoms with Crippen LogP contribution in [0.25, 0.3) is 0 Å². The van der Waals surface area contributed by atoms with Gasteiger partial charge in [-0.1, -0.05) is 73.3 Å². The van der Waals surface area contributed by atoms with Gasteiger partial charge in [0.15, 0.2) is 0 Å². The number of aliphatic hydroxyl groups is 1. The van der Waals surface area contributed by atoms with Gasteiger partial charge in [-0.25, -0.2) is 4.79 Å². The van der Waals surface area contributed by atoms with E-state index in [1.54, 1.807) is 24.3 Å². The molecule has 0 heterocycles. The van der Waals surface area contributed by atoms with Gasteiger partial charge in [-0.15, -0.1) is 0 Å². The van der Waals surface area contributed by atoms with E-state index in [4.69, 9.17) is 4.74 Å². The maximum atomic E-state index is 12.2. The second-order valence-corrected chi connectivity index (χ2v) is 4.73. The number of rotatable bonds is 6. The van der Waals surface area contributed by atoms with Gasteiger partial charge in [0, 0.05) is 0 Å². The molecule has 0 saturated heterocycles. The molecule has 0 aliphatic rings. The topological polar surface area (TPSA) is 46.5 Å². The van der Waals surface area contributed by atoms with Crippen LogP contribution in [0.5, 0.6) is 0 Å². The summed E-state index contributed by atoms with van der Waals surface area (Å²) in [5.74, 6) is -0.555. The van der Waals surface area contributed by atoms with E-state index in [2.05, 4.69) is 6.58 Å². The summed E-state index contributed by atoms with van der Waals surface area (Å²) in [6.45, 7) is 3.74. The monoisotopic (exact) mass is 294 g/mol. The Kier molecular flexibility index (Phi) is 5.69. The quantitative estimate of drug-likeness (QED) is 0.503. The molecule has 1 atom stereocenters. The molecule has 0 aliphatic heterocycles. The van der Waals surface area contributed by atoms with Crippen LogP contribution in [0.1, 0.15) is 17.2 Å². The third-order valence-electron chi connectivity index (χ3n) is 3.16. The van der Waals surface area contributed by atoms with Crippen LogP contribution in [0.4, 0.5) is 0 Å². The molecule has 3 heteroatoms. The van der Waals surface area contributed by atoms with Crippen LogP contribution in [-0.2, 0) is 16.1 Å². The summed E-state index contributed by atoms with van der Waals surface area (Å²) in [7, 11) is 0. The third kappa shape index (κ3) is 4.17. The predicted octanol–water partition coefficient (Wildman–Crippen LogP) is 3.58. The highest BCUT2D eigenvalue weighted by molar-refractivity contribution is 5.90. The number of allylic oxidation sites excluding steroid dienone is 2. The Morgan fingerprint density at radius 1 is 1.09 bits per heavy atom. The lowest BCUT2D eigenvalue weighted by molar-refractivity contribution is -0.141. The Labute approximate surface area is 130 Å². The number of carbonyl (C=O) groups is 1. The Bertz CT molecular complexity index is 645. The summed E-state index contributed by atoms with van der Waals surface area (Å²) in [4.78, 5) is 12.2. The molecule has 0 unspecified atom stereocenters. The fourth-order valence-corrected chi connectivity index (χ4v) is 2.02. The molecule has 2 aromatic carbocycles. The molecule has 112 valence electrons. The number of aliphatic hydroxyl groups excluding tert-OH is 1. The second-order valence-electron chi connectivity index (χ2n) is 4.73. The van der Waals surface area contributed by atoms with Gasteiger partial charge in [-0.2, -0.15) is 0 Å². The summed E-state index contributed by atoms with van der Waals surface area (Å²) in [6, 6.07) is 18.4. The molecule has 1 N–H and O–H groups in total. The van der Waals surface area contributed by atoms with Crippen LogP contribution in [0.15, 0.2) is 85.0 Å². The van der Waals surface area contributed by atoms with Gasteiger partial charge in [0.2, 0.25) is 0 Å². The summed E-state index contributed by atoms with van der Waals surface area (Å²) in [6.07, 6.45) is 1.90. The van der Waals surface area contributed by atoms with Crippen LogP contribution < -0.4 is 0 Å². The van der Waals surface area contributed by atoms with Crippen molar-refractivity contribution in [2.24, 2.45) is 0 Å². The van der Waals surface area contributed by atoms with Crippen molar-refractivity contribution in [3.63, 3.8) is 0 Å². The number of carbonyl (C=O) groups excluding carboxylic acids is 1. The third-order valence-corrected chi connectivity index (χ3v) is 3.16. The normalized spacial score (nSPS) is 12.5. The van der Waals surface area contributed by atoms with Crippen molar-refractivity contribution in [2.45, 2.75) is 12.7 Å². The highest BCUT2D eigenvalue weighted by Crippen LogP contribution is 2.23. The lowest BCUT2D eigenvalue weighted by Gasteiger charge is -2.14. The molecule has 0 amide bonds. The predicted molar refractivity (Wildman–Crippen MR) is 85.9 cm³/mol. The van der Waals surface area contributed by atoms with E-state index in [1.165, 1.54) is 12.2 Å². The van der Waals surface area contributed by atoms with Gasteiger partial charge in [-0.3, -0.25) is 0 Å². The molecule has 0 aliphatic carbocycles. The molecular weight excluding hydrogens is 276 g/mol. The lowest BCUT2D eigenvalue weighted by atomic mass is 10.0. The van der Waals surface area contributed by atoms with E-state index < -0.39 is 12.1 Å². The van der Waals surface area contributed by atoms with E-state index >= 15 is 0 Å². The SMILES string of the molecule is C=C/C=C(/C(=O)OCc1ccccc1)[C@H](O)c1ccccc1. The Morgan fingerprint density at radius 3 is 2.27 bits per heavy atom. The van der Waals surface area contributed by atoms with E-state index in [-0.39, 0.29) is 12.2 Å². The maximum Gasteiger partial charge on any atom is 0.337 e. The van der Waals surface area contributed by atoms with E-state index in [1.807, 2.05) is 36.4 Å². The molecule has 0 bridgehead atoms. The standard InChI is InChI=1S/C19H18O3/c1-2-9-17(18(20)16-12-7-4-8-13-16)19(21)22-14-15-10-5-3-6-11-15/h2-13,18,20H,1,14H2/b17-9+/t18-/m1/s1. The molecule has 0 fully saturated rings. The highest BCUT2D eigenvalue weighted by atomic mass is 16.5. The first kappa shape index (κ1) is 15.7. The molecule has 0 radical (unpaired) electrons. The average Bonchev–Trinajstić information content (AvgIpc) is 2.58. The smallest absolute Gasteiger partial charge is 0.337 e. The summed E-state index contributed by atoms with van der Waals surface area (Å²) in [5, 5.41) is 10.4. The van der Waals surface area contributed by atoms with Crippen LogP contribution >= 0.6 is 0 Å². The maximum absolute atomic E-state index is 12.2. The number of hydrogen-bond acceptors (Lipinski definition) is 3. The Morgan fingerprint density at radius 2 is 1.68 bits per heavy atom. The molecule has 0 saturated carbocycles. The van der Waals surface area contributed by atoms with Crippen molar-refractivity contribution >= 4 is 5.97 Å². The minimum absolute atomic E-state index is 0.162. The first-order chi connectivity index (χ1) is 10.7. The van der Waals surface area contributed by atoms with Crippen molar-refractivity contribution < 1.29 is 14.6 Å². The van der Waals surface area contributed by atoms with Gasteiger partial charge in [-0.05, 0) is 17.2 Å². The van der Waals surface area contributed by atoms with Crippen LogP contribution in [0.3, 0.4) is 0 Å². The Balaban J connectivity index is 2.09. The first-order valence-corrected chi connectivity index (χ1v) is 6.99. The molecule has 2 aromatic rings. The molecule has 22 heavy (non-hydrogen) atoms. The van der Waals surface area contributed by atoms with Crippen LogP contribution in [0.2, 0.25) is 0 Å². The fraction of sp³-hybridized carbons (Fsp3) is 0.105. The van der Waals surface area contributed by atoms with Gasteiger partial charge < -0.3 is 9.84 Å². The fourth-order valence-electron chi connectivity index (χ4n) is 2.02. The second kappa shape index (κ2) is 7.96. The van der Waals surface area contributed by atoms with E-state index in [9.17, 15) is 9.90 Å². The Hall–Kier alpha value is -2.65. The summed E-state index contributed by atoms with van der Waals surface area (Å²) < 4.78 is 5.27. The molecule has 0 aromatic heterocycles. The van der Waals surface area contributed by atoms with Crippen LogP contribution in [0, 0.1) is 0 Å². The van der Waals surface area contributed by atoms with Crippen molar-refractivity contribution in [2.75, 3.05) is 0 Å². The van der Waals surface area contributed by atoms with Gasteiger partial charge in [0.25, 0.3) is 0 Å². The largest absolute Gasteiger partial charge is 0.457 e. The first-order valence-electron chi connectivity index (χ1n) is 6.99. The highest BCUT2D eigenvalue weighted by Gasteiger charge is 2.21. The summed E-state index contributed by atoms with van der Waals surface area (Å²) >= 11 is 0. The zero-order valence-electron chi connectivity index (χ0n) is 12.2. The van der Waals surface area contributed by atoms with Crippen LogP contribution in [-0.4, -0.2) is 11.1 Å².